The van der Waals surface area contributed by atoms with Crippen molar-refractivity contribution < 1.29 is 0 Å². The van der Waals surface area contributed by atoms with E-state index < -0.39 is 0 Å². The Morgan fingerprint density at radius 1 is 1.18 bits per heavy atom. The molecule has 0 aliphatic rings. The topological polar surface area (TPSA) is 24.9 Å². The summed E-state index contributed by atoms with van der Waals surface area (Å²) in [6.07, 6.45) is 3.65. The molecule has 1 aromatic heterocycles. The zero-order valence-electron chi connectivity index (χ0n) is 9.78. The van der Waals surface area contributed by atoms with Gasteiger partial charge in [0.2, 0.25) is 0 Å². The number of nitrogens with zero attached hydrogens (tertiary/aromatic N) is 1. The molecule has 0 fully saturated rings. The molecule has 1 heterocycles. The van der Waals surface area contributed by atoms with Gasteiger partial charge in [0.1, 0.15) is 0 Å². The number of benzene rings is 1. The van der Waals surface area contributed by atoms with Crippen LogP contribution in [0.25, 0.3) is 0 Å². The minimum atomic E-state index is 0.813. The van der Waals surface area contributed by atoms with Gasteiger partial charge >= 0.3 is 0 Å². The Bertz CT molecular complexity index is 483. The average Bonchev–Trinajstić information content (AvgIpc) is 2.38. The predicted molar refractivity (Wildman–Crippen MR) is 72.6 cm³/mol. The maximum atomic E-state index is 6.21. The fourth-order valence-electron chi connectivity index (χ4n) is 1.71. The van der Waals surface area contributed by atoms with Gasteiger partial charge in [-0.25, -0.2) is 0 Å². The smallest absolute Gasteiger partial charge is 0.0458 e. The summed E-state index contributed by atoms with van der Waals surface area (Å²) < 4.78 is 0. The standard InChI is InChI=1S/C14H15ClN2/c1-16-13-8-6-11(14(15)10-13)5-7-12-4-2-3-9-17-12/h2-4,6,8-10,16H,5,7H2,1H3. The molecule has 0 saturated heterocycles. The molecule has 0 atom stereocenters. The summed E-state index contributed by atoms with van der Waals surface area (Å²) in [7, 11) is 1.89. The van der Waals surface area contributed by atoms with Gasteiger partial charge in [-0.15, -0.1) is 0 Å². The third-order valence-corrected chi connectivity index (χ3v) is 3.07. The van der Waals surface area contributed by atoms with Crippen LogP contribution in [-0.2, 0) is 12.8 Å². The van der Waals surface area contributed by atoms with Crippen LogP contribution in [-0.4, -0.2) is 12.0 Å². The van der Waals surface area contributed by atoms with Gasteiger partial charge in [-0.2, -0.15) is 0 Å². The molecule has 0 aliphatic heterocycles. The zero-order valence-corrected chi connectivity index (χ0v) is 10.5. The van der Waals surface area contributed by atoms with Crippen molar-refractivity contribution in [3.05, 3.63) is 58.9 Å². The molecule has 1 N–H and O–H groups in total. The quantitative estimate of drug-likeness (QED) is 0.892. The Kier molecular flexibility index (Phi) is 3.99. The number of rotatable bonds is 4. The first-order chi connectivity index (χ1) is 8.29. The number of aromatic nitrogens is 1. The minimum Gasteiger partial charge on any atom is -0.388 e. The van der Waals surface area contributed by atoms with Gasteiger partial charge in [-0.3, -0.25) is 4.98 Å². The monoisotopic (exact) mass is 246 g/mol. The average molecular weight is 247 g/mol. The highest BCUT2D eigenvalue weighted by Crippen LogP contribution is 2.21. The second-order valence-corrected chi connectivity index (χ2v) is 4.28. The van der Waals surface area contributed by atoms with E-state index >= 15 is 0 Å². The highest BCUT2D eigenvalue weighted by atomic mass is 35.5. The number of halogens is 1. The minimum absolute atomic E-state index is 0.813. The first-order valence-electron chi connectivity index (χ1n) is 5.65. The molecule has 2 rings (SSSR count). The molecule has 0 saturated carbocycles. The molecule has 3 heteroatoms. The summed E-state index contributed by atoms with van der Waals surface area (Å²) in [5.41, 5.74) is 3.30. The summed E-state index contributed by atoms with van der Waals surface area (Å²) in [5.74, 6) is 0. The van der Waals surface area contributed by atoms with Crippen molar-refractivity contribution in [1.82, 2.24) is 4.98 Å². The van der Waals surface area contributed by atoms with Crippen molar-refractivity contribution >= 4 is 17.3 Å². The Hall–Kier alpha value is -1.54. The van der Waals surface area contributed by atoms with E-state index in [0.717, 1.165) is 34.8 Å². The highest BCUT2D eigenvalue weighted by Gasteiger charge is 2.02. The van der Waals surface area contributed by atoms with Crippen LogP contribution in [0.4, 0.5) is 5.69 Å². The molecule has 0 bridgehead atoms. The maximum Gasteiger partial charge on any atom is 0.0458 e. The lowest BCUT2D eigenvalue weighted by Crippen LogP contribution is -1.95. The summed E-state index contributed by atoms with van der Waals surface area (Å²) in [6.45, 7) is 0. The zero-order chi connectivity index (χ0) is 12.1. The second-order valence-electron chi connectivity index (χ2n) is 3.88. The number of aryl methyl sites for hydroxylation is 2. The molecule has 0 spiro atoms. The van der Waals surface area contributed by atoms with E-state index in [0.29, 0.717) is 0 Å². The Balaban J connectivity index is 2.04. The second kappa shape index (κ2) is 5.69. The van der Waals surface area contributed by atoms with Crippen LogP contribution < -0.4 is 5.32 Å². The van der Waals surface area contributed by atoms with Crippen LogP contribution in [0.15, 0.2) is 42.6 Å². The first-order valence-corrected chi connectivity index (χ1v) is 6.03. The fraction of sp³-hybridized carbons (Fsp3) is 0.214. The lowest BCUT2D eigenvalue weighted by molar-refractivity contribution is 0.914. The van der Waals surface area contributed by atoms with Crippen LogP contribution in [0.3, 0.4) is 0 Å². The highest BCUT2D eigenvalue weighted by molar-refractivity contribution is 6.31. The van der Waals surface area contributed by atoms with E-state index in [2.05, 4.69) is 16.4 Å². The summed E-state index contributed by atoms with van der Waals surface area (Å²) in [6, 6.07) is 12.0. The molecule has 0 radical (unpaired) electrons. The Morgan fingerprint density at radius 3 is 2.71 bits per heavy atom. The van der Waals surface area contributed by atoms with Gasteiger partial charge in [0.15, 0.2) is 0 Å². The van der Waals surface area contributed by atoms with Crippen LogP contribution in [0.1, 0.15) is 11.3 Å². The van der Waals surface area contributed by atoms with Crippen LogP contribution >= 0.6 is 11.6 Å². The third kappa shape index (κ3) is 3.21. The van der Waals surface area contributed by atoms with Gasteiger partial charge in [0.05, 0.1) is 0 Å². The SMILES string of the molecule is CNc1ccc(CCc2ccccn2)c(Cl)c1. The van der Waals surface area contributed by atoms with E-state index in [1.54, 1.807) is 0 Å². The fourth-order valence-corrected chi connectivity index (χ4v) is 1.99. The molecular weight excluding hydrogens is 232 g/mol. The van der Waals surface area contributed by atoms with Gasteiger partial charge in [0.25, 0.3) is 0 Å². The van der Waals surface area contributed by atoms with Crippen LogP contribution in [0, 0.1) is 0 Å². The summed E-state index contributed by atoms with van der Waals surface area (Å²) in [4.78, 5) is 4.30. The van der Waals surface area contributed by atoms with E-state index in [-0.39, 0.29) is 0 Å². The van der Waals surface area contributed by atoms with Crippen molar-refractivity contribution in [3.63, 3.8) is 0 Å². The third-order valence-electron chi connectivity index (χ3n) is 2.72. The van der Waals surface area contributed by atoms with Crippen molar-refractivity contribution in [2.45, 2.75) is 12.8 Å². The van der Waals surface area contributed by atoms with Crippen molar-refractivity contribution in [1.29, 1.82) is 0 Å². The maximum absolute atomic E-state index is 6.21. The van der Waals surface area contributed by atoms with Crippen molar-refractivity contribution in [2.75, 3.05) is 12.4 Å². The Morgan fingerprint density at radius 2 is 2.06 bits per heavy atom. The largest absolute Gasteiger partial charge is 0.388 e. The normalized spacial score (nSPS) is 10.2. The number of hydrogen-bond acceptors (Lipinski definition) is 2. The molecule has 0 aliphatic carbocycles. The molecule has 0 amide bonds. The van der Waals surface area contributed by atoms with Crippen LogP contribution in [0.5, 0.6) is 0 Å². The number of nitrogens with one attached hydrogen (secondary N) is 1. The molecule has 0 unspecified atom stereocenters. The molecule has 2 nitrogen and oxygen atoms in total. The van der Waals surface area contributed by atoms with E-state index in [9.17, 15) is 0 Å². The van der Waals surface area contributed by atoms with Crippen molar-refractivity contribution in [3.8, 4) is 0 Å². The molecule has 88 valence electrons. The van der Waals surface area contributed by atoms with E-state index in [1.807, 2.05) is 43.6 Å². The molecule has 1 aromatic carbocycles. The predicted octanol–water partition coefficient (Wildman–Crippen LogP) is 3.56. The van der Waals surface area contributed by atoms with E-state index in [1.165, 1.54) is 0 Å². The Labute approximate surface area is 107 Å². The van der Waals surface area contributed by atoms with E-state index in [4.69, 9.17) is 11.6 Å². The first kappa shape index (κ1) is 11.9. The lowest BCUT2D eigenvalue weighted by atomic mass is 10.1. The molecule has 17 heavy (non-hydrogen) atoms. The van der Waals surface area contributed by atoms with Gasteiger partial charge < -0.3 is 5.32 Å². The lowest BCUT2D eigenvalue weighted by Gasteiger charge is -2.06. The molecule has 2 aromatic rings. The van der Waals surface area contributed by atoms with Crippen molar-refractivity contribution in [2.24, 2.45) is 0 Å². The van der Waals surface area contributed by atoms with Gasteiger partial charge in [-0.05, 0) is 42.7 Å². The van der Waals surface area contributed by atoms with Gasteiger partial charge in [0, 0.05) is 29.6 Å². The molecular formula is C14H15ClN2. The summed E-state index contributed by atoms with van der Waals surface area (Å²) in [5, 5.41) is 3.88. The van der Waals surface area contributed by atoms with Crippen LogP contribution in [0.2, 0.25) is 5.02 Å². The van der Waals surface area contributed by atoms with Gasteiger partial charge in [-0.1, -0.05) is 23.7 Å². The number of anilines is 1. The number of hydrogen-bond donors (Lipinski definition) is 1. The summed E-state index contributed by atoms with van der Waals surface area (Å²) >= 11 is 6.21. The number of pyridine rings is 1.